The summed E-state index contributed by atoms with van der Waals surface area (Å²) in [5, 5.41) is 0. The van der Waals surface area contributed by atoms with Crippen LogP contribution in [0.1, 0.15) is 37.4 Å². The summed E-state index contributed by atoms with van der Waals surface area (Å²) >= 11 is 0. The van der Waals surface area contributed by atoms with Crippen molar-refractivity contribution >= 4 is 28.2 Å². The van der Waals surface area contributed by atoms with Crippen LogP contribution in [-0.4, -0.2) is 35.3 Å². The molecule has 3 rings (SSSR count). The molecule has 0 spiro atoms. The lowest BCUT2D eigenvalue weighted by Crippen LogP contribution is -2.32. The number of benzene rings is 2. The van der Waals surface area contributed by atoms with Gasteiger partial charge in [0, 0.05) is 11.1 Å². The molecule has 0 bridgehead atoms. The highest BCUT2D eigenvalue weighted by molar-refractivity contribution is 6.71. The standard InChI is InChI=1S/C22H28O5Si2/c1-13-12-15-18(22(25-2)21(13)27-29(6,7)8)20(24)17-14(19(15)23)10-9-11-16(17)26-28(3,4)5/h9-12H,1-8H3. The number of methoxy groups -OCH3 is 1. The Balaban J connectivity index is 2.28. The maximum Gasteiger partial charge on any atom is 0.242 e. The second-order valence-corrected chi connectivity index (χ2v) is 18.1. The minimum atomic E-state index is -1.99. The fourth-order valence-corrected chi connectivity index (χ4v) is 5.14. The third kappa shape index (κ3) is 4.02. The van der Waals surface area contributed by atoms with Crippen molar-refractivity contribution in [2.75, 3.05) is 7.11 Å². The topological polar surface area (TPSA) is 61.8 Å². The molecule has 0 atom stereocenters. The highest BCUT2D eigenvalue weighted by Crippen LogP contribution is 2.44. The van der Waals surface area contributed by atoms with Gasteiger partial charge < -0.3 is 13.6 Å². The van der Waals surface area contributed by atoms with Gasteiger partial charge in [0.25, 0.3) is 0 Å². The monoisotopic (exact) mass is 428 g/mol. The summed E-state index contributed by atoms with van der Waals surface area (Å²) in [5.41, 5.74) is 2.08. The van der Waals surface area contributed by atoms with E-state index in [2.05, 4.69) is 19.6 Å². The van der Waals surface area contributed by atoms with Crippen LogP contribution in [-0.2, 0) is 0 Å². The fraction of sp³-hybridized carbons (Fsp3) is 0.364. The highest BCUT2D eigenvalue weighted by atomic mass is 28.4. The van der Waals surface area contributed by atoms with Crippen molar-refractivity contribution in [1.82, 2.24) is 0 Å². The predicted molar refractivity (Wildman–Crippen MR) is 119 cm³/mol. The van der Waals surface area contributed by atoms with Gasteiger partial charge in [0.1, 0.15) is 11.5 Å². The van der Waals surface area contributed by atoms with Crippen LogP contribution >= 0.6 is 0 Å². The number of hydrogen-bond acceptors (Lipinski definition) is 5. The SMILES string of the molecule is COc1c(O[Si](C)(C)C)c(C)cc2c1C(=O)c1c(O[Si](C)(C)C)cccc1C2=O. The van der Waals surface area contributed by atoms with E-state index in [1.807, 2.05) is 26.6 Å². The Kier molecular flexibility index (Phi) is 5.25. The lowest BCUT2D eigenvalue weighted by molar-refractivity contribution is 0.0974. The summed E-state index contributed by atoms with van der Waals surface area (Å²) in [7, 11) is -2.46. The molecular formula is C22H28O5Si2. The van der Waals surface area contributed by atoms with Crippen molar-refractivity contribution in [2.45, 2.75) is 46.2 Å². The molecule has 0 fully saturated rings. The van der Waals surface area contributed by atoms with E-state index in [4.69, 9.17) is 13.6 Å². The molecule has 0 saturated heterocycles. The molecule has 0 N–H and O–H groups in total. The summed E-state index contributed by atoms with van der Waals surface area (Å²) in [6.07, 6.45) is 0. The van der Waals surface area contributed by atoms with Crippen LogP contribution in [0.2, 0.25) is 39.3 Å². The highest BCUT2D eigenvalue weighted by Gasteiger charge is 2.38. The molecule has 0 unspecified atom stereocenters. The van der Waals surface area contributed by atoms with Crippen LogP contribution in [0.25, 0.3) is 0 Å². The van der Waals surface area contributed by atoms with Crippen molar-refractivity contribution in [3.05, 3.63) is 52.1 Å². The van der Waals surface area contributed by atoms with E-state index in [1.54, 1.807) is 24.3 Å². The van der Waals surface area contributed by atoms with Crippen LogP contribution in [0.3, 0.4) is 0 Å². The zero-order valence-electron chi connectivity index (χ0n) is 18.4. The summed E-state index contributed by atoms with van der Waals surface area (Å²) in [6, 6.07) is 6.94. The molecule has 0 aromatic heterocycles. The maximum atomic E-state index is 13.6. The molecule has 0 radical (unpaired) electrons. The maximum absolute atomic E-state index is 13.6. The van der Waals surface area contributed by atoms with Crippen molar-refractivity contribution in [1.29, 1.82) is 0 Å². The molecular weight excluding hydrogens is 400 g/mol. The first-order valence-corrected chi connectivity index (χ1v) is 16.5. The lowest BCUT2D eigenvalue weighted by atomic mass is 9.82. The number of ketones is 2. The van der Waals surface area contributed by atoms with Crippen LogP contribution in [0.4, 0.5) is 0 Å². The van der Waals surface area contributed by atoms with Gasteiger partial charge in [0.15, 0.2) is 11.5 Å². The van der Waals surface area contributed by atoms with Crippen LogP contribution in [0.5, 0.6) is 17.2 Å². The van der Waals surface area contributed by atoms with Crippen molar-refractivity contribution in [2.24, 2.45) is 0 Å². The molecule has 2 aromatic carbocycles. The molecule has 0 amide bonds. The molecule has 5 nitrogen and oxygen atoms in total. The number of carbonyl (C=O) groups excluding carboxylic acids is 2. The van der Waals surface area contributed by atoms with Gasteiger partial charge in [0.2, 0.25) is 22.4 Å². The average Bonchev–Trinajstić information content (AvgIpc) is 2.58. The van der Waals surface area contributed by atoms with E-state index >= 15 is 0 Å². The lowest BCUT2D eigenvalue weighted by Gasteiger charge is -2.28. The van der Waals surface area contributed by atoms with Crippen molar-refractivity contribution in [3.8, 4) is 17.2 Å². The summed E-state index contributed by atoms with van der Waals surface area (Å²) in [5.74, 6) is 0.867. The first kappa shape index (κ1) is 21.3. The summed E-state index contributed by atoms with van der Waals surface area (Å²) in [4.78, 5) is 26.9. The van der Waals surface area contributed by atoms with Crippen LogP contribution < -0.4 is 13.6 Å². The minimum absolute atomic E-state index is 0.198. The third-order valence-corrected chi connectivity index (χ3v) is 6.07. The van der Waals surface area contributed by atoms with Gasteiger partial charge in [0.05, 0.1) is 18.2 Å². The Morgan fingerprint density at radius 1 is 0.759 bits per heavy atom. The first-order chi connectivity index (χ1) is 13.3. The van der Waals surface area contributed by atoms with E-state index < -0.39 is 16.6 Å². The number of carbonyl (C=O) groups is 2. The Morgan fingerprint density at radius 3 is 1.93 bits per heavy atom. The molecule has 29 heavy (non-hydrogen) atoms. The van der Waals surface area contributed by atoms with E-state index in [1.165, 1.54) is 7.11 Å². The third-order valence-electron chi connectivity index (χ3n) is 4.42. The number of aryl methyl sites for hydroxylation is 1. The van der Waals surface area contributed by atoms with Crippen molar-refractivity contribution < 1.29 is 23.2 Å². The van der Waals surface area contributed by atoms with Gasteiger partial charge in [-0.05, 0) is 63.9 Å². The second kappa shape index (κ2) is 7.14. The van der Waals surface area contributed by atoms with E-state index in [0.717, 1.165) is 5.56 Å². The first-order valence-electron chi connectivity index (χ1n) is 9.66. The van der Waals surface area contributed by atoms with E-state index in [0.29, 0.717) is 33.9 Å². The van der Waals surface area contributed by atoms with Crippen LogP contribution in [0.15, 0.2) is 24.3 Å². The van der Waals surface area contributed by atoms with Gasteiger partial charge in [-0.1, -0.05) is 12.1 Å². The van der Waals surface area contributed by atoms with E-state index in [9.17, 15) is 9.59 Å². The van der Waals surface area contributed by atoms with Crippen LogP contribution in [0, 0.1) is 6.92 Å². The number of ether oxygens (including phenoxy) is 1. The Morgan fingerprint density at radius 2 is 1.38 bits per heavy atom. The van der Waals surface area contributed by atoms with Gasteiger partial charge in [-0.3, -0.25) is 9.59 Å². The quantitative estimate of drug-likeness (QED) is 0.522. The largest absolute Gasteiger partial charge is 0.544 e. The predicted octanol–water partition coefficient (Wildman–Crippen LogP) is 5.21. The summed E-state index contributed by atoms with van der Waals surface area (Å²) < 4.78 is 18.0. The van der Waals surface area contributed by atoms with E-state index in [-0.39, 0.29) is 17.1 Å². The molecule has 0 aliphatic heterocycles. The molecule has 1 aliphatic carbocycles. The van der Waals surface area contributed by atoms with Gasteiger partial charge in [-0.15, -0.1) is 0 Å². The molecule has 0 heterocycles. The Bertz CT molecular complexity index is 1010. The van der Waals surface area contributed by atoms with Gasteiger partial charge >= 0.3 is 0 Å². The zero-order chi connectivity index (χ0) is 21.7. The molecule has 0 saturated carbocycles. The molecule has 2 aromatic rings. The number of rotatable bonds is 5. The Hall–Kier alpha value is -2.39. The summed E-state index contributed by atoms with van der Waals surface area (Å²) in [6.45, 7) is 14.2. The smallest absolute Gasteiger partial charge is 0.242 e. The Labute approximate surface area is 174 Å². The zero-order valence-corrected chi connectivity index (χ0v) is 20.4. The van der Waals surface area contributed by atoms with Gasteiger partial charge in [-0.2, -0.15) is 0 Å². The fourth-order valence-electron chi connectivity index (χ4n) is 3.44. The average molecular weight is 429 g/mol. The number of hydrogen-bond donors (Lipinski definition) is 0. The molecule has 7 heteroatoms. The number of fused-ring (bicyclic) bond motifs is 2. The molecule has 154 valence electrons. The normalized spacial score (nSPS) is 13.7. The second-order valence-electron chi connectivity index (χ2n) is 9.24. The van der Waals surface area contributed by atoms with Crippen molar-refractivity contribution in [3.63, 3.8) is 0 Å². The minimum Gasteiger partial charge on any atom is -0.544 e. The molecule has 1 aliphatic rings. The van der Waals surface area contributed by atoms with Gasteiger partial charge in [-0.25, -0.2) is 0 Å².